The van der Waals surface area contributed by atoms with Gasteiger partial charge in [0.2, 0.25) is 0 Å². The Bertz CT molecular complexity index is 614. The van der Waals surface area contributed by atoms with Crippen LogP contribution in [0.25, 0.3) is 0 Å². The quantitative estimate of drug-likeness (QED) is 0.903. The average Bonchev–Trinajstić information content (AvgIpc) is 2.81. The summed E-state index contributed by atoms with van der Waals surface area (Å²) >= 11 is 1.73. The molecule has 2 aromatic rings. The summed E-state index contributed by atoms with van der Waals surface area (Å²) in [7, 11) is 1.74. The Morgan fingerprint density at radius 2 is 2.21 bits per heavy atom. The van der Waals surface area contributed by atoms with E-state index in [4.69, 9.17) is 5.73 Å². The fourth-order valence-electron chi connectivity index (χ4n) is 2.11. The molecule has 2 heterocycles. The Morgan fingerprint density at radius 1 is 1.53 bits per heavy atom. The van der Waals surface area contributed by atoms with Crippen molar-refractivity contribution in [3.05, 3.63) is 33.3 Å². The zero-order valence-corrected chi connectivity index (χ0v) is 12.3. The largest absolute Gasteiger partial charge is 0.396 e. The number of anilines is 1. The van der Waals surface area contributed by atoms with Gasteiger partial charge in [0.1, 0.15) is 0 Å². The lowest BCUT2D eigenvalue weighted by atomic mass is 10.1. The number of nitrogen functional groups attached to an aromatic ring is 1. The molecule has 102 valence electrons. The van der Waals surface area contributed by atoms with Crippen molar-refractivity contribution in [2.45, 2.75) is 26.8 Å². The van der Waals surface area contributed by atoms with Crippen molar-refractivity contribution in [3.63, 3.8) is 0 Å². The van der Waals surface area contributed by atoms with Crippen molar-refractivity contribution in [2.75, 3.05) is 5.73 Å². The van der Waals surface area contributed by atoms with Crippen molar-refractivity contribution in [3.8, 4) is 0 Å². The van der Waals surface area contributed by atoms with Crippen LogP contribution < -0.4 is 11.1 Å². The van der Waals surface area contributed by atoms with E-state index >= 15 is 0 Å². The van der Waals surface area contributed by atoms with Gasteiger partial charge < -0.3 is 11.1 Å². The van der Waals surface area contributed by atoms with Crippen LogP contribution in [0.1, 0.15) is 38.8 Å². The van der Waals surface area contributed by atoms with E-state index in [-0.39, 0.29) is 17.6 Å². The maximum Gasteiger partial charge on any atom is 0.274 e. The first-order valence-corrected chi connectivity index (χ1v) is 6.87. The van der Waals surface area contributed by atoms with E-state index in [0.717, 1.165) is 5.56 Å². The van der Waals surface area contributed by atoms with Gasteiger partial charge in [0, 0.05) is 23.0 Å². The molecule has 5 nitrogen and oxygen atoms in total. The molecule has 3 N–H and O–H groups in total. The number of aromatic nitrogens is 2. The average molecular weight is 278 g/mol. The summed E-state index contributed by atoms with van der Waals surface area (Å²) in [6, 6.07) is 2.05. The van der Waals surface area contributed by atoms with Gasteiger partial charge in [0.05, 0.1) is 11.7 Å². The zero-order chi connectivity index (χ0) is 14.2. The first-order chi connectivity index (χ1) is 8.88. The molecule has 6 heteroatoms. The van der Waals surface area contributed by atoms with Crippen LogP contribution in [0.2, 0.25) is 0 Å². The summed E-state index contributed by atoms with van der Waals surface area (Å²) < 4.78 is 1.54. The minimum atomic E-state index is -0.242. The number of nitrogens with one attached hydrogen (secondary N) is 1. The Labute approximate surface area is 116 Å². The Balaban J connectivity index is 2.15. The minimum absolute atomic E-state index is 0.0566. The van der Waals surface area contributed by atoms with E-state index in [9.17, 15) is 4.79 Å². The van der Waals surface area contributed by atoms with Crippen LogP contribution in [0, 0.1) is 13.8 Å². The van der Waals surface area contributed by atoms with Gasteiger partial charge in [-0.05, 0) is 32.4 Å². The minimum Gasteiger partial charge on any atom is -0.396 e. The first kappa shape index (κ1) is 13.6. The molecule has 1 amide bonds. The lowest BCUT2D eigenvalue weighted by Gasteiger charge is -2.13. The van der Waals surface area contributed by atoms with Crippen LogP contribution in [0.3, 0.4) is 0 Å². The maximum atomic E-state index is 12.1. The lowest BCUT2D eigenvalue weighted by Crippen LogP contribution is -2.27. The summed E-state index contributed by atoms with van der Waals surface area (Å²) in [5, 5.41) is 7.00. The van der Waals surface area contributed by atoms with Crippen molar-refractivity contribution < 1.29 is 4.79 Å². The summed E-state index contributed by atoms with van der Waals surface area (Å²) in [6.07, 6.45) is 1.62. The van der Waals surface area contributed by atoms with Crippen molar-refractivity contribution in [1.82, 2.24) is 15.1 Å². The van der Waals surface area contributed by atoms with E-state index in [1.54, 1.807) is 24.6 Å². The van der Waals surface area contributed by atoms with Crippen LogP contribution >= 0.6 is 11.3 Å². The third-order valence-corrected chi connectivity index (χ3v) is 3.95. The van der Waals surface area contributed by atoms with E-state index in [1.165, 1.54) is 14.4 Å². The van der Waals surface area contributed by atoms with Crippen LogP contribution in [-0.4, -0.2) is 15.7 Å². The number of aryl methyl sites for hydroxylation is 3. The Kier molecular flexibility index (Phi) is 3.61. The van der Waals surface area contributed by atoms with Crippen LogP contribution in [0.4, 0.5) is 5.69 Å². The number of rotatable bonds is 3. The fraction of sp³-hybridized carbons (Fsp3) is 0.385. The van der Waals surface area contributed by atoms with Gasteiger partial charge in [-0.2, -0.15) is 5.10 Å². The number of carbonyl (C=O) groups excluding carboxylic acids is 1. The van der Waals surface area contributed by atoms with Gasteiger partial charge in [0.15, 0.2) is 5.69 Å². The number of nitrogens with two attached hydrogens (primary N) is 1. The Morgan fingerprint density at radius 3 is 2.68 bits per heavy atom. The second-order valence-electron chi connectivity index (χ2n) is 4.67. The standard InChI is InChI=1S/C13H18N4OS/c1-7-5-10(9(3)19-7)8(2)15-13(18)12-11(14)6-17(4)16-12/h5-6,8H,14H2,1-4H3,(H,15,18). The molecule has 1 unspecified atom stereocenters. The van der Waals surface area contributed by atoms with Crippen molar-refractivity contribution >= 4 is 22.9 Å². The summed E-state index contributed by atoms with van der Waals surface area (Å²) in [5.74, 6) is -0.242. The molecule has 0 aliphatic heterocycles. The number of hydrogen-bond acceptors (Lipinski definition) is 4. The smallest absolute Gasteiger partial charge is 0.274 e. The van der Waals surface area contributed by atoms with E-state index in [0.29, 0.717) is 5.69 Å². The zero-order valence-electron chi connectivity index (χ0n) is 11.5. The molecule has 0 spiro atoms. The summed E-state index contributed by atoms with van der Waals surface area (Å²) in [4.78, 5) is 14.6. The lowest BCUT2D eigenvalue weighted by molar-refractivity contribution is 0.0935. The third-order valence-electron chi connectivity index (χ3n) is 2.97. The highest BCUT2D eigenvalue weighted by Crippen LogP contribution is 2.26. The van der Waals surface area contributed by atoms with E-state index in [2.05, 4.69) is 30.3 Å². The molecule has 0 aromatic carbocycles. The monoisotopic (exact) mass is 278 g/mol. The molecule has 2 rings (SSSR count). The van der Waals surface area contributed by atoms with Gasteiger partial charge >= 0.3 is 0 Å². The van der Waals surface area contributed by atoms with E-state index < -0.39 is 0 Å². The second-order valence-corrected chi connectivity index (χ2v) is 6.13. The van der Waals surface area contributed by atoms with Gasteiger partial charge in [-0.3, -0.25) is 9.48 Å². The summed E-state index contributed by atoms with van der Waals surface area (Å²) in [6.45, 7) is 6.09. The fourth-order valence-corrected chi connectivity index (χ4v) is 3.13. The number of hydrogen-bond donors (Lipinski definition) is 2. The number of nitrogens with zero attached hydrogens (tertiary/aromatic N) is 2. The second kappa shape index (κ2) is 5.05. The molecule has 0 aliphatic carbocycles. The maximum absolute atomic E-state index is 12.1. The topological polar surface area (TPSA) is 72.9 Å². The predicted octanol–water partition coefficient (Wildman–Crippen LogP) is 2.17. The van der Waals surface area contributed by atoms with Gasteiger partial charge in [-0.15, -0.1) is 11.3 Å². The molecule has 0 bridgehead atoms. The normalized spacial score (nSPS) is 12.4. The first-order valence-electron chi connectivity index (χ1n) is 6.05. The van der Waals surface area contributed by atoms with E-state index in [1.807, 2.05) is 6.92 Å². The Hall–Kier alpha value is -1.82. The van der Waals surface area contributed by atoms with Crippen LogP contribution in [0.15, 0.2) is 12.3 Å². The molecule has 0 radical (unpaired) electrons. The van der Waals surface area contributed by atoms with Crippen LogP contribution in [-0.2, 0) is 7.05 Å². The molecule has 0 fully saturated rings. The number of thiophene rings is 1. The molecule has 0 saturated heterocycles. The molecule has 0 aliphatic rings. The molecule has 2 aromatic heterocycles. The SMILES string of the molecule is Cc1cc(C(C)NC(=O)c2nn(C)cc2N)c(C)s1. The molecular weight excluding hydrogens is 260 g/mol. The molecular formula is C13H18N4OS. The highest BCUT2D eigenvalue weighted by atomic mass is 32.1. The number of amides is 1. The molecule has 19 heavy (non-hydrogen) atoms. The molecule has 1 atom stereocenters. The van der Waals surface area contributed by atoms with Gasteiger partial charge in [-0.1, -0.05) is 0 Å². The van der Waals surface area contributed by atoms with Gasteiger partial charge in [-0.25, -0.2) is 0 Å². The third kappa shape index (κ3) is 2.78. The van der Waals surface area contributed by atoms with Gasteiger partial charge in [0.25, 0.3) is 5.91 Å². The summed E-state index contributed by atoms with van der Waals surface area (Å²) in [5.41, 5.74) is 7.56. The highest BCUT2D eigenvalue weighted by molar-refractivity contribution is 7.12. The highest BCUT2D eigenvalue weighted by Gasteiger charge is 2.18. The molecule has 0 saturated carbocycles. The van der Waals surface area contributed by atoms with Crippen LogP contribution in [0.5, 0.6) is 0 Å². The predicted molar refractivity (Wildman–Crippen MR) is 77.3 cm³/mol. The number of carbonyl (C=O) groups is 1. The van der Waals surface area contributed by atoms with Crippen molar-refractivity contribution in [2.24, 2.45) is 7.05 Å². The van der Waals surface area contributed by atoms with Crippen molar-refractivity contribution in [1.29, 1.82) is 0 Å².